The predicted molar refractivity (Wildman–Crippen MR) is 77.9 cm³/mol. The minimum absolute atomic E-state index is 0.596. The summed E-state index contributed by atoms with van der Waals surface area (Å²) in [6.07, 6.45) is 2.42. The Morgan fingerprint density at radius 1 is 1.30 bits per heavy atom. The van der Waals surface area contributed by atoms with E-state index in [2.05, 4.69) is 26.1 Å². The molecule has 0 aromatic carbocycles. The zero-order chi connectivity index (χ0) is 13.5. The Kier molecular flexibility index (Phi) is 3.00. The first-order valence-electron chi connectivity index (χ1n) is 7.13. The quantitative estimate of drug-likeness (QED) is 0.868. The molecule has 2 fully saturated rings. The van der Waals surface area contributed by atoms with Crippen molar-refractivity contribution in [1.82, 2.24) is 15.1 Å². The molecule has 106 valence electrons. The fourth-order valence-electron chi connectivity index (χ4n) is 3.57. The second kappa shape index (κ2) is 4.86. The fraction of sp³-hybridized carbons (Fsp3) is 0.571. The van der Waals surface area contributed by atoms with Crippen LogP contribution >= 0.6 is 11.3 Å². The Hall–Kier alpha value is -1.40. The van der Waals surface area contributed by atoms with Gasteiger partial charge in [0.05, 0.1) is 6.54 Å². The SMILES string of the molecule is Cc1ccc(CN2CC[C@H]3[C@H]2CCN3c2nncs2)o1. The maximum atomic E-state index is 5.72. The van der Waals surface area contributed by atoms with E-state index in [0.29, 0.717) is 12.1 Å². The molecule has 6 heteroatoms. The normalized spacial score (nSPS) is 26.4. The van der Waals surface area contributed by atoms with Crippen LogP contribution in [0.3, 0.4) is 0 Å². The summed E-state index contributed by atoms with van der Waals surface area (Å²) in [5, 5.41) is 9.27. The van der Waals surface area contributed by atoms with Gasteiger partial charge in [-0.3, -0.25) is 4.90 Å². The Morgan fingerprint density at radius 2 is 2.20 bits per heavy atom. The Bertz CT molecular complexity index is 582. The number of anilines is 1. The van der Waals surface area contributed by atoms with Gasteiger partial charge in [0.25, 0.3) is 0 Å². The fourth-order valence-corrected chi connectivity index (χ4v) is 4.22. The number of rotatable bonds is 3. The third kappa shape index (κ3) is 2.03. The maximum absolute atomic E-state index is 5.72. The highest BCUT2D eigenvalue weighted by molar-refractivity contribution is 7.13. The summed E-state index contributed by atoms with van der Waals surface area (Å²) in [7, 11) is 0. The van der Waals surface area contributed by atoms with Crippen LogP contribution in [-0.2, 0) is 6.54 Å². The van der Waals surface area contributed by atoms with E-state index in [-0.39, 0.29) is 0 Å². The van der Waals surface area contributed by atoms with Crippen molar-refractivity contribution >= 4 is 16.5 Å². The van der Waals surface area contributed by atoms with Gasteiger partial charge in [0.15, 0.2) is 0 Å². The lowest BCUT2D eigenvalue weighted by atomic mass is 10.1. The van der Waals surface area contributed by atoms with Crippen molar-refractivity contribution in [2.75, 3.05) is 18.0 Å². The zero-order valence-corrected chi connectivity index (χ0v) is 12.3. The molecule has 4 heterocycles. The van der Waals surface area contributed by atoms with Gasteiger partial charge in [0.2, 0.25) is 5.13 Å². The van der Waals surface area contributed by atoms with E-state index in [1.165, 1.54) is 12.8 Å². The van der Waals surface area contributed by atoms with Crippen LogP contribution in [0, 0.1) is 6.92 Å². The van der Waals surface area contributed by atoms with Gasteiger partial charge in [0, 0.05) is 25.2 Å². The molecule has 0 bridgehead atoms. The van der Waals surface area contributed by atoms with Crippen molar-refractivity contribution in [3.8, 4) is 0 Å². The summed E-state index contributed by atoms with van der Waals surface area (Å²) < 4.78 is 5.72. The van der Waals surface area contributed by atoms with Crippen molar-refractivity contribution in [1.29, 1.82) is 0 Å². The minimum atomic E-state index is 0.596. The second-order valence-corrected chi connectivity index (χ2v) is 6.42. The van der Waals surface area contributed by atoms with Gasteiger partial charge in [-0.25, -0.2) is 0 Å². The van der Waals surface area contributed by atoms with Gasteiger partial charge < -0.3 is 9.32 Å². The number of aryl methyl sites for hydroxylation is 1. The number of nitrogens with zero attached hydrogens (tertiary/aromatic N) is 4. The van der Waals surface area contributed by atoms with Crippen molar-refractivity contribution in [2.24, 2.45) is 0 Å². The highest BCUT2D eigenvalue weighted by atomic mass is 32.1. The molecule has 20 heavy (non-hydrogen) atoms. The molecule has 0 unspecified atom stereocenters. The van der Waals surface area contributed by atoms with E-state index in [1.807, 2.05) is 18.5 Å². The molecule has 0 amide bonds. The summed E-state index contributed by atoms with van der Waals surface area (Å²) in [6, 6.07) is 5.37. The number of likely N-dealkylation sites (tertiary alicyclic amines) is 1. The predicted octanol–water partition coefficient (Wildman–Crippen LogP) is 2.29. The maximum Gasteiger partial charge on any atom is 0.208 e. The zero-order valence-electron chi connectivity index (χ0n) is 11.5. The van der Waals surface area contributed by atoms with Crippen molar-refractivity contribution < 1.29 is 4.42 Å². The van der Waals surface area contributed by atoms with E-state index in [4.69, 9.17) is 4.42 Å². The molecule has 2 aromatic rings. The highest BCUT2D eigenvalue weighted by Gasteiger charge is 2.43. The van der Waals surface area contributed by atoms with Gasteiger partial charge in [-0.2, -0.15) is 0 Å². The summed E-state index contributed by atoms with van der Waals surface area (Å²) in [4.78, 5) is 5.00. The standard InChI is InChI=1S/C14H18N4OS/c1-10-2-3-11(19-10)8-17-6-4-13-12(17)5-7-18(13)14-16-15-9-20-14/h2-3,9,12-13H,4-8H2,1H3/t12-,13+/m1/s1. The Morgan fingerprint density at radius 3 is 2.95 bits per heavy atom. The molecule has 2 aromatic heterocycles. The molecule has 2 saturated heterocycles. The van der Waals surface area contributed by atoms with Gasteiger partial charge >= 0.3 is 0 Å². The molecule has 2 aliphatic rings. The van der Waals surface area contributed by atoms with E-state index >= 15 is 0 Å². The van der Waals surface area contributed by atoms with Gasteiger partial charge in [-0.05, 0) is 31.9 Å². The smallest absolute Gasteiger partial charge is 0.208 e. The molecule has 0 radical (unpaired) electrons. The number of fused-ring (bicyclic) bond motifs is 1. The van der Waals surface area contributed by atoms with Crippen LogP contribution in [0.2, 0.25) is 0 Å². The number of furan rings is 1. The Labute approximate surface area is 122 Å². The van der Waals surface area contributed by atoms with E-state index in [1.54, 1.807) is 11.3 Å². The lowest BCUT2D eigenvalue weighted by molar-refractivity contribution is 0.225. The molecule has 0 spiro atoms. The first-order valence-corrected chi connectivity index (χ1v) is 8.01. The molecule has 5 nitrogen and oxygen atoms in total. The lowest BCUT2D eigenvalue weighted by Crippen LogP contribution is -2.36. The van der Waals surface area contributed by atoms with Crippen LogP contribution in [0.4, 0.5) is 5.13 Å². The van der Waals surface area contributed by atoms with Gasteiger partial charge in [-0.1, -0.05) is 11.3 Å². The number of hydrogen-bond donors (Lipinski definition) is 0. The van der Waals surface area contributed by atoms with Crippen molar-refractivity contribution in [2.45, 2.75) is 38.4 Å². The Balaban J connectivity index is 1.48. The van der Waals surface area contributed by atoms with Crippen LogP contribution in [-0.4, -0.2) is 40.3 Å². The molecular formula is C14H18N4OS. The molecule has 2 atom stereocenters. The first-order chi connectivity index (χ1) is 9.81. The minimum Gasteiger partial charge on any atom is -0.465 e. The third-order valence-corrected chi connectivity index (χ3v) is 5.17. The molecule has 2 aliphatic heterocycles. The van der Waals surface area contributed by atoms with Crippen molar-refractivity contribution in [3.05, 3.63) is 29.2 Å². The van der Waals surface area contributed by atoms with Crippen LogP contribution in [0.5, 0.6) is 0 Å². The summed E-state index contributed by atoms with van der Waals surface area (Å²) in [5.74, 6) is 2.08. The largest absolute Gasteiger partial charge is 0.465 e. The monoisotopic (exact) mass is 290 g/mol. The van der Waals surface area contributed by atoms with E-state index in [0.717, 1.165) is 36.3 Å². The summed E-state index contributed by atoms with van der Waals surface area (Å²) >= 11 is 1.64. The van der Waals surface area contributed by atoms with E-state index < -0.39 is 0 Å². The lowest BCUT2D eigenvalue weighted by Gasteiger charge is -2.24. The van der Waals surface area contributed by atoms with Gasteiger partial charge in [0.1, 0.15) is 17.0 Å². The second-order valence-electron chi connectivity index (χ2n) is 5.61. The average molecular weight is 290 g/mol. The van der Waals surface area contributed by atoms with Crippen LogP contribution in [0.15, 0.2) is 22.1 Å². The average Bonchev–Trinajstić information content (AvgIpc) is 3.16. The molecular weight excluding hydrogens is 272 g/mol. The topological polar surface area (TPSA) is 45.4 Å². The van der Waals surface area contributed by atoms with Crippen LogP contribution < -0.4 is 4.90 Å². The van der Waals surface area contributed by atoms with Crippen LogP contribution in [0.25, 0.3) is 0 Å². The molecule has 0 N–H and O–H groups in total. The number of aromatic nitrogens is 2. The first kappa shape index (κ1) is 12.3. The third-order valence-electron chi connectivity index (χ3n) is 4.44. The number of hydrogen-bond acceptors (Lipinski definition) is 6. The summed E-state index contributed by atoms with van der Waals surface area (Å²) in [6.45, 7) is 5.17. The van der Waals surface area contributed by atoms with Crippen molar-refractivity contribution in [3.63, 3.8) is 0 Å². The van der Waals surface area contributed by atoms with Gasteiger partial charge in [-0.15, -0.1) is 10.2 Å². The molecule has 0 saturated carbocycles. The summed E-state index contributed by atoms with van der Waals surface area (Å²) in [5.41, 5.74) is 1.82. The van der Waals surface area contributed by atoms with Crippen LogP contribution in [0.1, 0.15) is 24.4 Å². The molecule has 0 aliphatic carbocycles. The van der Waals surface area contributed by atoms with E-state index in [9.17, 15) is 0 Å². The molecule has 4 rings (SSSR count). The highest BCUT2D eigenvalue weighted by Crippen LogP contribution is 2.36.